The van der Waals surface area contributed by atoms with Crippen molar-refractivity contribution < 1.29 is 14.0 Å². The Kier molecular flexibility index (Phi) is 6.69. The number of oxazole rings is 1. The Labute approximate surface area is 235 Å². The average Bonchev–Trinajstić information content (AvgIpc) is 3.41. The number of benzene rings is 3. The smallest absolute Gasteiger partial charge is 0.408 e. The molecule has 4 aromatic rings. The summed E-state index contributed by atoms with van der Waals surface area (Å²) in [5, 5.41) is 6.83. The van der Waals surface area contributed by atoms with E-state index in [1.165, 1.54) is 4.57 Å². The van der Waals surface area contributed by atoms with Crippen LogP contribution in [0.2, 0.25) is 5.02 Å². The highest BCUT2D eigenvalue weighted by Crippen LogP contribution is 2.39. The Balaban J connectivity index is 1.34. The van der Waals surface area contributed by atoms with E-state index in [4.69, 9.17) is 16.0 Å². The number of piperazine rings is 1. The highest BCUT2D eigenvalue weighted by molar-refractivity contribution is 6.38. The lowest BCUT2D eigenvalue weighted by Gasteiger charge is -2.32. The first-order valence-electron chi connectivity index (χ1n) is 13.0. The first-order chi connectivity index (χ1) is 19.3. The number of nitrogens with one attached hydrogen (secondary N) is 2. The maximum Gasteiger partial charge on any atom is 0.419 e. The van der Waals surface area contributed by atoms with Gasteiger partial charge in [0.25, 0.3) is 5.91 Å². The van der Waals surface area contributed by atoms with Crippen LogP contribution in [0.3, 0.4) is 0 Å². The van der Waals surface area contributed by atoms with Crippen molar-refractivity contribution in [1.29, 1.82) is 0 Å². The molecule has 0 radical (unpaired) electrons. The lowest BCUT2D eigenvalue weighted by atomic mass is 9.99. The van der Waals surface area contributed by atoms with Crippen molar-refractivity contribution in [3.05, 3.63) is 92.9 Å². The van der Waals surface area contributed by atoms with E-state index in [0.29, 0.717) is 50.6 Å². The Bertz CT molecular complexity index is 1730. The van der Waals surface area contributed by atoms with Crippen LogP contribution in [0, 0.1) is 0 Å². The van der Waals surface area contributed by atoms with Crippen LogP contribution in [-0.4, -0.2) is 59.4 Å². The molecular formula is C30H28ClN5O4. The molecule has 2 N–H and O–H groups in total. The number of rotatable bonds is 5. The van der Waals surface area contributed by atoms with Gasteiger partial charge in [0.15, 0.2) is 5.58 Å². The molecule has 2 amide bonds. The molecule has 40 heavy (non-hydrogen) atoms. The predicted molar refractivity (Wildman–Crippen MR) is 156 cm³/mol. The maximum atomic E-state index is 13.2. The summed E-state index contributed by atoms with van der Waals surface area (Å²) in [5.41, 5.74) is 5.71. The summed E-state index contributed by atoms with van der Waals surface area (Å²) in [5.74, 6) is -0.620. The van der Waals surface area contributed by atoms with Crippen LogP contribution in [0.4, 0.5) is 11.4 Å². The van der Waals surface area contributed by atoms with Crippen molar-refractivity contribution >= 4 is 57.2 Å². The van der Waals surface area contributed by atoms with E-state index < -0.39 is 5.76 Å². The summed E-state index contributed by atoms with van der Waals surface area (Å²) < 4.78 is 6.86. The van der Waals surface area contributed by atoms with Gasteiger partial charge in [-0.3, -0.25) is 14.2 Å². The van der Waals surface area contributed by atoms with E-state index in [1.54, 1.807) is 37.4 Å². The number of hydrogen-bond donors (Lipinski definition) is 2. The van der Waals surface area contributed by atoms with Gasteiger partial charge in [0, 0.05) is 55.1 Å². The number of nitrogens with zero attached hydrogens (tertiary/aromatic N) is 3. The normalized spacial score (nSPS) is 16.7. The number of carbonyl (C=O) groups excluding carboxylic acids is 2. The highest BCUT2D eigenvalue weighted by Gasteiger charge is 2.29. The first-order valence-corrected chi connectivity index (χ1v) is 13.4. The van der Waals surface area contributed by atoms with Crippen LogP contribution >= 0.6 is 11.6 Å². The molecule has 0 atom stereocenters. The molecule has 3 aromatic carbocycles. The Morgan fingerprint density at radius 3 is 2.48 bits per heavy atom. The van der Waals surface area contributed by atoms with E-state index in [-0.39, 0.29) is 11.8 Å². The number of amides is 2. The zero-order valence-electron chi connectivity index (χ0n) is 22.2. The van der Waals surface area contributed by atoms with Gasteiger partial charge < -0.3 is 24.9 Å². The molecule has 204 valence electrons. The summed E-state index contributed by atoms with van der Waals surface area (Å²) >= 11 is 6.18. The number of aryl methyl sites for hydroxylation is 1. The monoisotopic (exact) mass is 557 g/mol. The molecule has 9 nitrogen and oxygen atoms in total. The van der Waals surface area contributed by atoms with E-state index >= 15 is 0 Å². The minimum atomic E-state index is -0.463. The number of aromatic nitrogens is 1. The third-order valence-electron chi connectivity index (χ3n) is 7.49. The van der Waals surface area contributed by atoms with Crippen molar-refractivity contribution in [2.24, 2.45) is 7.05 Å². The molecule has 1 saturated heterocycles. The number of likely N-dealkylation sites (N-methyl/N-ethyl adjacent to an activating group) is 1. The average molecular weight is 558 g/mol. The molecule has 0 aliphatic carbocycles. The zero-order valence-corrected chi connectivity index (χ0v) is 22.9. The number of halogens is 1. The second-order valence-electron chi connectivity index (χ2n) is 10.2. The standard InChI is InChI=1S/C30H28ClN5O4/c1-34-11-13-36(14-12-34)26(37)15-18-3-7-21(8-4-18)32-28(19-5-10-24-25(16-19)40-30(39)35(24)2)27-22-9-6-20(31)17-23(22)33-29(27)38/h3-10,16-17,32H,11-15H2,1-2H3,(H,33,38)/b28-27-. The maximum absolute atomic E-state index is 13.2. The second-order valence-corrected chi connectivity index (χ2v) is 10.6. The highest BCUT2D eigenvalue weighted by atomic mass is 35.5. The predicted octanol–water partition coefficient (Wildman–Crippen LogP) is 4.03. The van der Waals surface area contributed by atoms with Crippen LogP contribution in [-0.2, 0) is 23.1 Å². The molecule has 1 fully saturated rings. The summed E-state index contributed by atoms with van der Waals surface area (Å²) in [6, 6.07) is 18.3. The van der Waals surface area contributed by atoms with Crippen molar-refractivity contribution in [2.45, 2.75) is 6.42 Å². The number of carbonyl (C=O) groups is 2. The summed E-state index contributed by atoms with van der Waals surface area (Å²) in [6.45, 7) is 3.25. The van der Waals surface area contributed by atoms with Crippen molar-refractivity contribution in [2.75, 3.05) is 43.9 Å². The largest absolute Gasteiger partial charge is 0.419 e. The fourth-order valence-electron chi connectivity index (χ4n) is 5.15. The van der Waals surface area contributed by atoms with Crippen molar-refractivity contribution in [3.8, 4) is 0 Å². The van der Waals surface area contributed by atoms with Gasteiger partial charge in [-0.1, -0.05) is 35.9 Å². The van der Waals surface area contributed by atoms with Crippen LogP contribution in [0.15, 0.2) is 69.9 Å². The molecule has 0 bridgehead atoms. The van der Waals surface area contributed by atoms with Crippen LogP contribution in [0.5, 0.6) is 0 Å². The zero-order chi connectivity index (χ0) is 28.0. The van der Waals surface area contributed by atoms with Gasteiger partial charge in [-0.05, 0) is 49.0 Å². The van der Waals surface area contributed by atoms with Gasteiger partial charge >= 0.3 is 5.76 Å². The molecule has 0 saturated carbocycles. The van der Waals surface area contributed by atoms with E-state index in [2.05, 4.69) is 22.6 Å². The third-order valence-corrected chi connectivity index (χ3v) is 7.73. The van der Waals surface area contributed by atoms with Gasteiger partial charge in [-0.2, -0.15) is 0 Å². The molecular weight excluding hydrogens is 530 g/mol. The van der Waals surface area contributed by atoms with Gasteiger partial charge in [-0.15, -0.1) is 0 Å². The fourth-order valence-corrected chi connectivity index (χ4v) is 5.33. The lowest BCUT2D eigenvalue weighted by molar-refractivity contribution is -0.132. The SMILES string of the molecule is CN1CCN(C(=O)Cc2ccc(N/C(=C3\C(=O)Nc4cc(Cl)ccc43)c3ccc4c(c3)oc(=O)n4C)cc2)CC1. The van der Waals surface area contributed by atoms with Crippen LogP contribution < -0.4 is 16.4 Å². The number of hydrogen-bond acceptors (Lipinski definition) is 6. The summed E-state index contributed by atoms with van der Waals surface area (Å²) in [7, 11) is 3.71. The number of anilines is 2. The molecule has 1 aromatic heterocycles. The number of fused-ring (bicyclic) bond motifs is 2. The molecule has 0 spiro atoms. The molecule has 3 heterocycles. The van der Waals surface area contributed by atoms with E-state index in [0.717, 1.165) is 37.4 Å². The van der Waals surface area contributed by atoms with Crippen LogP contribution in [0.25, 0.3) is 22.4 Å². The van der Waals surface area contributed by atoms with Gasteiger partial charge in [0.2, 0.25) is 5.91 Å². The topological polar surface area (TPSA) is 99.8 Å². The second kappa shape index (κ2) is 10.3. The Hall–Kier alpha value is -4.34. The van der Waals surface area contributed by atoms with Crippen molar-refractivity contribution in [3.63, 3.8) is 0 Å². The van der Waals surface area contributed by atoms with Gasteiger partial charge in [0.05, 0.1) is 28.9 Å². The fraction of sp³-hybridized carbons (Fsp3) is 0.233. The van der Waals surface area contributed by atoms with Gasteiger partial charge in [-0.25, -0.2) is 4.79 Å². The molecule has 2 aliphatic heterocycles. The van der Waals surface area contributed by atoms with Crippen molar-refractivity contribution in [1.82, 2.24) is 14.4 Å². The Morgan fingerprint density at radius 1 is 0.975 bits per heavy atom. The summed E-state index contributed by atoms with van der Waals surface area (Å²) in [6.07, 6.45) is 0.332. The summed E-state index contributed by atoms with van der Waals surface area (Å²) in [4.78, 5) is 42.3. The first kappa shape index (κ1) is 25.9. The minimum absolute atomic E-state index is 0.118. The Morgan fingerprint density at radius 2 is 1.73 bits per heavy atom. The molecule has 0 unspecified atom stereocenters. The molecule has 2 aliphatic rings. The lowest BCUT2D eigenvalue weighted by Crippen LogP contribution is -2.47. The molecule has 6 rings (SSSR count). The quantitative estimate of drug-likeness (QED) is 0.359. The van der Waals surface area contributed by atoms with Crippen LogP contribution in [0.1, 0.15) is 16.7 Å². The third kappa shape index (κ3) is 4.89. The van der Waals surface area contributed by atoms with Gasteiger partial charge in [0.1, 0.15) is 0 Å². The van der Waals surface area contributed by atoms with E-state index in [1.807, 2.05) is 35.2 Å². The van der Waals surface area contributed by atoms with E-state index in [9.17, 15) is 14.4 Å². The molecule has 10 heteroatoms. The minimum Gasteiger partial charge on any atom is -0.408 e.